The van der Waals surface area contributed by atoms with E-state index in [4.69, 9.17) is 10.7 Å². The first-order valence-electron chi connectivity index (χ1n) is 4.82. The van der Waals surface area contributed by atoms with Crippen LogP contribution in [0.25, 0.3) is 0 Å². The highest BCUT2D eigenvalue weighted by molar-refractivity contribution is 8.14. The van der Waals surface area contributed by atoms with Gasteiger partial charge in [-0.2, -0.15) is 4.31 Å². The Bertz CT molecular complexity index is 652. The number of hydrogen-bond acceptors (Lipinski definition) is 4. The molecular formula is C10H12ClNO4S2. The van der Waals surface area contributed by atoms with E-state index >= 15 is 0 Å². The molecule has 0 atom stereocenters. The summed E-state index contributed by atoms with van der Waals surface area (Å²) in [6.45, 7) is 3.50. The molecule has 0 amide bonds. The Morgan fingerprint density at radius 3 is 2.17 bits per heavy atom. The van der Waals surface area contributed by atoms with Crippen molar-refractivity contribution in [3.05, 3.63) is 36.9 Å². The Kier molecular flexibility index (Phi) is 4.55. The second kappa shape index (κ2) is 5.40. The van der Waals surface area contributed by atoms with Gasteiger partial charge in [0.15, 0.2) is 0 Å². The number of rotatable bonds is 5. The predicted octanol–water partition coefficient (Wildman–Crippen LogP) is 1.42. The number of sulfonamides is 1. The monoisotopic (exact) mass is 309 g/mol. The summed E-state index contributed by atoms with van der Waals surface area (Å²) in [5.41, 5.74) is 0. The van der Waals surface area contributed by atoms with Crippen LogP contribution in [0.15, 0.2) is 46.7 Å². The van der Waals surface area contributed by atoms with Crippen LogP contribution in [-0.4, -0.2) is 34.7 Å². The van der Waals surface area contributed by atoms with Crippen LogP contribution in [-0.2, 0) is 19.1 Å². The predicted molar refractivity (Wildman–Crippen MR) is 69.5 cm³/mol. The van der Waals surface area contributed by atoms with Crippen molar-refractivity contribution in [3.63, 3.8) is 0 Å². The van der Waals surface area contributed by atoms with Crippen molar-refractivity contribution in [1.82, 2.24) is 4.31 Å². The molecule has 0 bridgehead atoms. The summed E-state index contributed by atoms with van der Waals surface area (Å²) in [6, 6.07) is 5.18. The summed E-state index contributed by atoms with van der Waals surface area (Å²) in [7, 11) is -1.49. The van der Waals surface area contributed by atoms with Gasteiger partial charge >= 0.3 is 0 Å². The number of likely N-dealkylation sites (N-methyl/N-ethyl adjacent to an activating group) is 1. The molecule has 8 heteroatoms. The van der Waals surface area contributed by atoms with Gasteiger partial charge in [0.1, 0.15) is 9.79 Å². The first-order valence-corrected chi connectivity index (χ1v) is 8.57. The average Bonchev–Trinajstić information content (AvgIpc) is 2.28. The summed E-state index contributed by atoms with van der Waals surface area (Å²) in [4.78, 5) is -0.771. The number of benzene rings is 1. The van der Waals surface area contributed by atoms with Crippen LogP contribution in [0, 0.1) is 0 Å². The lowest BCUT2D eigenvalue weighted by molar-refractivity contribution is 0.496. The molecule has 1 rings (SSSR count). The van der Waals surface area contributed by atoms with Crippen LogP contribution < -0.4 is 0 Å². The van der Waals surface area contributed by atoms with Gasteiger partial charge in [-0.3, -0.25) is 0 Å². The standard InChI is InChI=1S/C10H12ClNO4S2/c1-3-8-12(2)18(15,16)10-7-5-4-6-9(10)17(11,13)14/h3-7H,1,8H2,2H3. The maximum absolute atomic E-state index is 12.1. The fourth-order valence-corrected chi connectivity index (χ4v) is 4.26. The Hall–Kier alpha value is -0.890. The Labute approximate surface area is 111 Å². The van der Waals surface area contributed by atoms with E-state index in [0.717, 1.165) is 10.4 Å². The minimum atomic E-state index is -4.12. The van der Waals surface area contributed by atoms with E-state index in [0.29, 0.717) is 0 Å². The van der Waals surface area contributed by atoms with Crippen molar-refractivity contribution in [3.8, 4) is 0 Å². The molecule has 0 aliphatic rings. The largest absolute Gasteiger partial charge is 0.262 e. The van der Waals surface area contributed by atoms with Crippen molar-refractivity contribution in [2.24, 2.45) is 0 Å². The van der Waals surface area contributed by atoms with Crippen molar-refractivity contribution < 1.29 is 16.8 Å². The van der Waals surface area contributed by atoms with E-state index in [1.54, 1.807) is 0 Å². The smallest absolute Gasteiger partial charge is 0.207 e. The summed E-state index contributed by atoms with van der Waals surface area (Å²) in [5, 5.41) is 0. The zero-order valence-electron chi connectivity index (χ0n) is 9.58. The topological polar surface area (TPSA) is 71.5 Å². The molecule has 0 radical (unpaired) electrons. The van der Waals surface area contributed by atoms with Gasteiger partial charge < -0.3 is 0 Å². The SMILES string of the molecule is C=CCN(C)S(=O)(=O)c1ccccc1S(=O)(=O)Cl. The molecule has 0 aliphatic carbocycles. The van der Waals surface area contributed by atoms with E-state index in [-0.39, 0.29) is 11.4 Å². The van der Waals surface area contributed by atoms with Crippen LogP contribution in [0.5, 0.6) is 0 Å². The van der Waals surface area contributed by atoms with Crippen LogP contribution in [0.4, 0.5) is 0 Å². The lowest BCUT2D eigenvalue weighted by Crippen LogP contribution is -2.28. The normalized spacial score (nSPS) is 12.6. The fraction of sp³-hybridized carbons (Fsp3) is 0.200. The highest BCUT2D eigenvalue weighted by Crippen LogP contribution is 2.25. The molecule has 0 aromatic heterocycles. The maximum atomic E-state index is 12.1. The number of halogens is 1. The van der Waals surface area contributed by atoms with Gasteiger partial charge in [-0.25, -0.2) is 16.8 Å². The molecule has 0 unspecified atom stereocenters. The third-order valence-corrected chi connectivity index (χ3v) is 5.58. The molecule has 0 aliphatic heterocycles. The van der Waals surface area contributed by atoms with Gasteiger partial charge in [0, 0.05) is 24.3 Å². The van der Waals surface area contributed by atoms with Crippen LogP contribution in [0.1, 0.15) is 0 Å². The summed E-state index contributed by atoms with van der Waals surface area (Å²) < 4.78 is 48.0. The first kappa shape index (κ1) is 15.2. The van der Waals surface area contributed by atoms with Crippen LogP contribution in [0.2, 0.25) is 0 Å². The molecule has 0 fully saturated rings. The molecule has 0 heterocycles. The fourth-order valence-electron chi connectivity index (χ4n) is 1.31. The summed E-state index contributed by atoms with van der Waals surface area (Å²) in [5.74, 6) is 0. The second-order valence-electron chi connectivity index (χ2n) is 3.46. The Morgan fingerprint density at radius 2 is 1.72 bits per heavy atom. The van der Waals surface area contributed by atoms with Gasteiger partial charge in [-0.15, -0.1) is 6.58 Å². The van der Waals surface area contributed by atoms with E-state index in [1.807, 2.05) is 0 Å². The molecule has 1 aromatic rings. The molecular weight excluding hydrogens is 298 g/mol. The van der Waals surface area contributed by atoms with Crippen molar-refractivity contribution in [2.75, 3.05) is 13.6 Å². The van der Waals surface area contributed by atoms with Crippen LogP contribution >= 0.6 is 10.7 Å². The number of nitrogens with zero attached hydrogens (tertiary/aromatic N) is 1. The average molecular weight is 310 g/mol. The molecule has 0 saturated heterocycles. The Morgan fingerprint density at radius 1 is 1.22 bits per heavy atom. The third-order valence-electron chi connectivity index (χ3n) is 2.19. The van der Waals surface area contributed by atoms with Crippen molar-refractivity contribution >= 4 is 29.8 Å². The second-order valence-corrected chi connectivity index (χ2v) is 8.01. The number of hydrogen-bond donors (Lipinski definition) is 0. The Balaban J connectivity index is 3.48. The van der Waals surface area contributed by atoms with E-state index in [2.05, 4.69) is 6.58 Å². The summed E-state index contributed by atoms with van der Waals surface area (Å²) >= 11 is 0. The molecule has 18 heavy (non-hydrogen) atoms. The highest BCUT2D eigenvalue weighted by Gasteiger charge is 2.27. The molecule has 0 N–H and O–H groups in total. The zero-order valence-corrected chi connectivity index (χ0v) is 12.0. The molecule has 5 nitrogen and oxygen atoms in total. The van der Waals surface area contributed by atoms with E-state index in [9.17, 15) is 16.8 Å². The minimum absolute atomic E-state index is 0.0685. The van der Waals surface area contributed by atoms with Gasteiger partial charge in [0.2, 0.25) is 10.0 Å². The molecule has 1 aromatic carbocycles. The highest BCUT2D eigenvalue weighted by atomic mass is 35.7. The van der Waals surface area contributed by atoms with Crippen LogP contribution in [0.3, 0.4) is 0 Å². The lowest BCUT2D eigenvalue weighted by atomic mass is 10.4. The molecule has 0 saturated carbocycles. The maximum Gasteiger partial charge on any atom is 0.262 e. The van der Waals surface area contributed by atoms with Gasteiger partial charge in [0.25, 0.3) is 9.05 Å². The van der Waals surface area contributed by atoms with Gasteiger partial charge in [-0.05, 0) is 12.1 Å². The molecule has 0 spiro atoms. The van der Waals surface area contributed by atoms with E-state index < -0.39 is 24.0 Å². The van der Waals surface area contributed by atoms with Gasteiger partial charge in [0.05, 0.1) is 0 Å². The van der Waals surface area contributed by atoms with Crippen molar-refractivity contribution in [2.45, 2.75) is 9.79 Å². The zero-order chi connectivity index (χ0) is 14.0. The van der Waals surface area contributed by atoms with Crippen molar-refractivity contribution in [1.29, 1.82) is 0 Å². The van der Waals surface area contributed by atoms with E-state index in [1.165, 1.54) is 31.3 Å². The lowest BCUT2D eigenvalue weighted by Gasteiger charge is -2.16. The summed E-state index contributed by atoms with van der Waals surface area (Å²) in [6.07, 6.45) is 1.40. The minimum Gasteiger partial charge on any atom is -0.207 e. The first-order chi connectivity index (χ1) is 8.21. The third kappa shape index (κ3) is 3.11. The molecule has 100 valence electrons. The quantitative estimate of drug-likeness (QED) is 0.609. The van der Waals surface area contributed by atoms with Gasteiger partial charge in [-0.1, -0.05) is 18.2 Å².